The first kappa shape index (κ1) is 53.2. The van der Waals surface area contributed by atoms with Crippen molar-refractivity contribution < 1.29 is 134 Å². The molecule has 2 fully saturated rings. The Bertz CT molecular complexity index is 947. The molecule has 2 aromatic heterocycles. The summed E-state index contributed by atoms with van der Waals surface area (Å²) in [6, 6.07) is 7.88. The Morgan fingerprint density at radius 1 is 0.977 bits per heavy atom. The first-order chi connectivity index (χ1) is 19.6. The van der Waals surface area contributed by atoms with E-state index in [1.54, 1.807) is 18.3 Å². The average molecular weight is 908 g/mol. The fourth-order valence-electron chi connectivity index (χ4n) is 4.42. The number of anilines is 1. The summed E-state index contributed by atoms with van der Waals surface area (Å²) in [6.45, 7) is 4.08. The quantitative estimate of drug-likeness (QED) is 0.0701. The summed E-state index contributed by atoms with van der Waals surface area (Å²) in [5, 5.41) is 30.6. The first-order valence-electron chi connectivity index (χ1n) is 13.4. The summed E-state index contributed by atoms with van der Waals surface area (Å²) in [7, 11) is 8.00. The zero-order valence-corrected chi connectivity index (χ0v) is 37.7. The maximum atomic E-state index is 12.2. The second kappa shape index (κ2) is 33.9. The van der Waals surface area contributed by atoms with Gasteiger partial charge in [-0.05, 0) is 133 Å². The number of halogens is 4. The number of aliphatic hydroxyl groups excluding tert-OH is 2. The monoisotopic (exact) mass is 906 g/mol. The Morgan fingerprint density at radius 3 is 1.73 bits per heavy atom. The van der Waals surface area contributed by atoms with Gasteiger partial charge in [0.15, 0.2) is 0 Å². The molecule has 0 aliphatic heterocycles. The minimum absolute atomic E-state index is 0. The van der Waals surface area contributed by atoms with E-state index >= 15 is 0 Å². The Balaban J connectivity index is -0.000000165. The number of pyridine rings is 2. The fraction of sp³-hybridized carbons (Fsp3) is 0.593. The predicted molar refractivity (Wildman–Crippen MR) is 182 cm³/mol. The summed E-state index contributed by atoms with van der Waals surface area (Å²) >= 11 is 6.45. The van der Waals surface area contributed by atoms with E-state index in [9.17, 15) is 9.50 Å². The number of rotatable bonds is 5. The van der Waals surface area contributed by atoms with Crippen molar-refractivity contribution in [2.75, 3.05) is 5.32 Å². The van der Waals surface area contributed by atoms with Crippen LogP contribution in [0.3, 0.4) is 0 Å². The Kier molecular flexibility index (Phi) is 41.0. The van der Waals surface area contributed by atoms with Gasteiger partial charge in [0.05, 0.1) is 21.2 Å². The van der Waals surface area contributed by atoms with Crippen molar-refractivity contribution in [1.82, 2.24) is 9.97 Å². The molecule has 0 saturated heterocycles. The van der Waals surface area contributed by atoms with Gasteiger partial charge in [0.1, 0.15) is 5.82 Å². The van der Waals surface area contributed by atoms with Crippen LogP contribution in [0.15, 0.2) is 45.6 Å². The van der Waals surface area contributed by atoms with E-state index < -0.39 is 5.95 Å². The fourth-order valence-corrected chi connectivity index (χ4v) is 5.05. The molecule has 44 heavy (non-hydrogen) atoms. The molecule has 5 N–H and O–H groups in total. The molecular formula is C27H42B2Br2FIK2N4O5. The number of nitrogens with zero attached hydrogens (tertiary/aromatic N) is 2. The van der Waals surface area contributed by atoms with E-state index in [0.717, 1.165) is 61.7 Å². The van der Waals surface area contributed by atoms with E-state index in [-0.39, 0.29) is 147 Å². The van der Waals surface area contributed by atoms with Crippen molar-refractivity contribution in [1.29, 1.82) is 0 Å². The van der Waals surface area contributed by atoms with E-state index in [2.05, 4.69) is 81.4 Å². The van der Waals surface area contributed by atoms with Crippen LogP contribution in [0.2, 0.25) is 0 Å². The van der Waals surface area contributed by atoms with Gasteiger partial charge in [-0.15, -0.1) is 24.0 Å². The van der Waals surface area contributed by atoms with Gasteiger partial charge in [0.2, 0.25) is 5.95 Å². The molecule has 0 aromatic carbocycles. The van der Waals surface area contributed by atoms with Gasteiger partial charge in [-0.2, -0.15) is 4.39 Å². The molecule has 2 aromatic rings. The van der Waals surface area contributed by atoms with Gasteiger partial charge >= 0.3 is 103 Å². The molecule has 4 rings (SSSR count). The molecule has 2 atom stereocenters. The van der Waals surface area contributed by atoms with Crippen LogP contribution in [0.25, 0.3) is 0 Å². The smallest absolute Gasteiger partial charge is 1.00 e. The van der Waals surface area contributed by atoms with Crippen LogP contribution in [0.1, 0.15) is 66.6 Å². The molecule has 0 unspecified atom stereocenters. The second-order valence-corrected chi connectivity index (χ2v) is 11.4. The number of aromatic nitrogens is 2. The number of nitrogens with two attached hydrogens (primary N) is 1. The molecule has 2 aliphatic carbocycles. The maximum Gasteiger partial charge on any atom is 1.00 e. The third kappa shape index (κ3) is 25.4. The first-order valence-corrected chi connectivity index (χ1v) is 15.0. The minimum atomic E-state index is -0.465. The van der Waals surface area contributed by atoms with E-state index in [0.29, 0.717) is 28.4 Å². The minimum Gasteiger partial charge on any atom is -1.00 e. The largest absolute Gasteiger partial charge is 1.00 e. The number of hydrogen-bond acceptors (Lipinski definition) is 9. The summed E-state index contributed by atoms with van der Waals surface area (Å²) in [5.41, 5.74) is 5.73. The van der Waals surface area contributed by atoms with Gasteiger partial charge < -0.3 is 32.8 Å². The van der Waals surface area contributed by atoms with Gasteiger partial charge in [0.25, 0.3) is 6.47 Å². The summed E-state index contributed by atoms with van der Waals surface area (Å²) < 4.78 is 13.6. The molecule has 0 bridgehead atoms. The summed E-state index contributed by atoms with van der Waals surface area (Å²) in [6.07, 6.45) is 11.2. The Labute approximate surface area is 384 Å². The third-order valence-corrected chi connectivity index (χ3v) is 8.04. The third-order valence-electron chi connectivity index (χ3n) is 6.81. The zero-order valence-electron chi connectivity index (χ0n) is 27.0. The van der Waals surface area contributed by atoms with Crippen molar-refractivity contribution in [3.05, 3.63) is 51.6 Å². The van der Waals surface area contributed by atoms with Crippen LogP contribution in [0.4, 0.5) is 10.2 Å². The molecule has 4 radical (unpaired) electrons. The van der Waals surface area contributed by atoms with Crippen LogP contribution in [0, 0.1) is 17.8 Å². The van der Waals surface area contributed by atoms with Crippen LogP contribution >= 0.6 is 55.8 Å². The van der Waals surface area contributed by atoms with Crippen molar-refractivity contribution >= 4 is 83.6 Å². The molecule has 0 spiro atoms. The number of carbonyl (C=O) groups excluding carboxylic acids is 1. The average Bonchev–Trinajstić information content (AvgIpc) is 2.98. The topological polar surface area (TPSA) is 154 Å². The van der Waals surface area contributed by atoms with Crippen LogP contribution in [0.5, 0.6) is 0 Å². The van der Waals surface area contributed by atoms with Gasteiger partial charge in [0, 0.05) is 40.0 Å². The van der Waals surface area contributed by atoms with E-state index in [1.165, 1.54) is 6.20 Å². The van der Waals surface area contributed by atoms with Crippen molar-refractivity contribution in [2.45, 2.75) is 89.5 Å². The molecule has 2 aliphatic rings. The standard InChI is InChI=1S/C13H19BrN2O.C8H17NO.C5H3BrFN.CH2O3.B2.HI.2K.H/c1-9(10-4-6-11(17)7-5-10)16-13-12(14)3-2-8-15-13;1-6(9)7-2-4-8(10)5-3-7;6-4-2-1-3-8-5(4)7;2-1-4-3;1-2;;;;/h2-3,8-11,17H,4-7H2,1H3,(H,15,16);6-8,10H,2-5,9H2,1H3;1-3H;1,3H;;1H;;;/q;;;;;;2*+1;-1/p-1/t9-,10?,11?;6-,7?,8?;;;;;;;/m11......./s1. The normalized spacial score (nSPS) is 21.0. The molecule has 17 heteroatoms. The summed E-state index contributed by atoms with van der Waals surface area (Å²) in [4.78, 5) is 18.9. The predicted octanol–water partition coefficient (Wildman–Crippen LogP) is -1.52. The van der Waals surface area contributed by atoms with Crippen molar-refractivity contribution in [2.24, 2.45) is 17.6 Å². The molecule has 2 saturated carbocycles. The van der Waals surface area contributed by atoms with Crippen LogP contribution < -0.4 is 119 Å². The van der Waals surface area contributed by atoms with Gasteiger partial charge in [-0.3, -0.25) is 4.79 Å². The SMILES string of the molecule is C[C@@H](N)C1CCC(O)CC1.C[C@@H](Nc1ncccc1Br)C1CCC(O)CC1.Fc1ncccc1Br.I.O=CO[O-].[B][B].[H-].[K+].[K+]. The maximum absolute atomic E-state index is 12.2. The van der Waals surface area contributed by atoms with E-state index in [4.69, 9.17) is 20.9 Å². The number of nitrogens with one attached hydrogen (secondary N) is 1. The Hall–Kier alpha value is 2.43. The number of carbonyl (C=O) groups is 1. The molecule has 2 heterocycles. The van der Waals surface area contributed by atoms with Crippen molar-refractivity contribution in [3.8, 4) is 0 Å². The van der Waals surface area contributed by atoms with Crippen molar-refractivity contribution in [3.63, 3.8) is 0 Å². The second-order valence-electron chi connectivity index (χ2n) is 9.73. The molecular weight excluding hydrogens is 866 g/mol. The zero-order chi connectivity index (χ0) is 31.2. The molecule has 236 valence electrons. The molecule has 0 amide bonds. The van der Waals surface area contributed by atoms with Crippen LogP contribution in [-0.2, 0) is 9.68 Å². The van der Waals surface area contributed by atoms with Gasteiger partial charge in [-0.25, -0.2) is 9.97 Å². The van der Waals surface area contributed by atoms with Gasteiger partial charge in [-0.1, -0.05) is 0 Å². The number of hydrogen-bond donors (Lipinski definition) is 4. The van der Waals surface area contributed by atoms with E-state index in [1.807, 2.05) is 12.1 Å². The van der Waals surface area contributed by atoms with Crippen LogP contribution in [-0.4, -0.2) is 66.4 Å². The summed E-state index contributed by atoms with van der Waals surface area (Å²) in [5.74, 6) is 1.73. The Morgan fingerprint density at radius 2 is 1.39 bits per heavy atom. The molecule has 9 nitrogen and oxygen atoms in total. The number of aliphatic hydroxyl groups is 2.